The van der Waals surface area contributed by atoms with Gasteiger partial charge in [-0.15, -0.1) is 5.97 Å². The lowest BCUT2D eigenvalue weighted by molar-refractivity contribution is -0.794. The average Bonchev–Trinajstić information content (AvgIpc) is 1.91. The van der Waals surface area contributed by atoms with Crippen LogP contribution in [0, 0.1) is 11.2 Å². The van der Waals surface area contributed by atoms with E-state index in [1.807, 2.05) is 5.97 Å². The molecule has 0 aromatic heterocycles. The fourth-order valence-corrected chi connectivity index (χ4v) is 0.869. The first-order valence-corrected chi connectivity index (χ1v) is 3.09. The lowest BCUT2D eigenvalue weighted by atomic mass is 9.94. The number of hydrogen-bond donors (Lipinski definition) is 1. The smallest absolute Gasteiger partial charge is 0.125 e. The summed E-state index contributed by atoms with van der Waals surface area (Å²) >= 11 is 0. The van der Waals surface area contributed by atoms with Gasteiger partial charge in [0, 0.05) is 0 Å². The maximum absolute atomic E-state index is 8.25. The van der Waals surface area contributed by atoms with Gasteiger partial charge in [-0.3, -0.25) is 0 Å². The second-order valence-corrected chi connectivity index (χ2v) is 2.04. The number of nitrogens with zero attached hydrogens (tertiary/aromatic N) is 1. The van der Waals surface area contributed by atoms with Crippen LogP contribution in [0.15, 0.2) is 0 Å². The molecule has 1 rings (SSSR count). The predicted octanol–water partition coefficient (Wildman–Crippen LogP) is -2.00. The van der Waals surface area contributed by atoms with Crippen molar-refractivity contribution < 1.29 is 9.55 Å². The van der Waals surface area contributed by atoms with Gasteiger partial charge in [0.2, 0.25) is 0 Å². The van der Waals surface area contributed by atoms with Crippen LogP contribution in [0.5, 0.6) is 0 Å². The second kappa shape index (κ2) is 3.49. The summed E-state index contributed by atoms with van der Waals surface area (Å²) in [5, 5.41) is 8.25. The van der Waals surface area contributed by atoms with Gasteiger partial charge in [0.25, 0.3) is 0 Å². The van der Waals surface area contributed by atoms with Crippen molar-refractivity contribution in [3.63, 3.8) is 0 Å². The van der Waals surface area contributed by atoms with E-state index in [1.54, 1.807) is 7.41 Å². The van der Waals surface area contributed by atoms with Crippen molar-refractivity contribution in [3.8, 4) is 5.97 Å². The molecular weight excluding hydrogens is 115 g/mol. The Kier molecular flexibility index (Phi) is 2.56. The molecule has 1 aliphatic rings. The van der Waals surface area contributed by atoms with Gasteiger partial charge in [-0.25, -0.2) is 5.26 Å². The van der Waals surface area contributed by atoms with E-state index in [0.29, 0.717) is 0 Å². The molecule has 0 saturated carbocycles. The molecule has 0 aromatic carbocycles. The Morgan fingerprint density at radius 3 is 2.67 bits per heavy atom. The van der Waals surface area contributed by atoms with Gasteiger partial charge in [-0.2, -0.15) is 0 Å². The molecule has 4 heteroatoms. The Hall–Kier alpha value is -0.525. The van der Waals surface area contributed by atoms with Crippen molar-refractivity contribution in [2.24, 2.45) is 0 Å². The van der Waals surface area contributed by atoms with Gasteiger partial charge in [-0.1, -0.05) is 0 Å². The van der Waals surface area contributed by atoms with Crippen LogP contribution in [0.2, 0.25) is 0 Å². The van der Waals surface area contributed by atoms with Crippen LogP contribution in [0.3, 0.4) is 0 Å². The molecule has 1 fully saturated rings. The fourth-order valence-electron chi connectivity index (χ4n) is 0.869. The number of rotatable bonds is 1. The zero-order chi connectivity index (χ0) is 6.53. The molecule has 1 aliphatic heterocycles. The first-order chi connectivity index (χ1) is 4.43. The molecule has 0 bridgehead atoms. The quantitative estimate of drug-likeness (QED) is 0.410. The summed E-state index contributed by atoms with van der Waals surface area (Å²) in [7, 11) is 1.63. The first-order valence-electron chi connectivity index (χ1n) is 3.09. The summed E-state index contributed by atoms with van der Waals surface area (Å²) in [5.41, 5.74) is 0. The molecule has 2 radical (unpaired) electrons. The summed E-state index contributed by atoms with van der Waals surface area (Å²) in [6, 6.07) is 0. The third kappa shape index (κ3) is 2.04. The Morgan fingerprint density at radius 2 is 2.11 bits per heavy atom. The van der Waals surface area contributed by atoms with Gasteiger partial charge >= 0.3 is 0 Å². The van der Waals surface area contributed by atoms with E-state index in [1.165, 1.54) is 4.81 Å². The molecule has 1 heterocycles. The number of morpholine rings is 1. The Balaban J connectivity index is 2.17. The predicted molar refractivity (Wildman–Crippen MR) is 32.9 cm³/mol. The summed E-state index contributed by atoms with van der Waals surface area (Å²) in [6.07, 6.45) is 0. The molecule has 0 amide bonds. The molecule has 0 atom stereocenters. The molecular formula is C5H9BN2O. The molecule has 3 nitrogen and oxygen atoms in total. The minimum Gasteiger partial charge on any atom is -0.555 e. The maximum atomic E-state index is 8.25. The summed E-state index contributed by atoms with van der Waals surface area (Å²) in [4.78, 5) is 1.23. The fraction of sp³-hybridized carbons (Fsp3) is 0.800. The maximum Gasteiger partial charge on any atom is 0.125 e. The van der Waals surface area contributed by atoms with E-state index in [0.717, 1.165) is 26.3 Å². The second-order valence-electron chi connectivity index (χ2n) is 2.04. The van der Waals surface area contributed by atoms with Crippen molar-refractivity contribution in [1.29, 1.82) is 5.26 Å². The highest BCUT2D eigenvalue weighted by Gasteiger charge is 2.03. The topological polar surface area (TPSA) is 37.5 Å². The number of nitriles is 1. The summed E-state index contributed by atoms with van der Waals surface area (Å²) in [6.45, 7) is 3.45. The van der Waals surface area contributed by atoms with Crippen molar-refractivity contribution in [1.82, 2.24) is 0 Å². The number of ether oxygens (including phenoxy) is 1. The minimum absolute atomic E-state index is 0.785. The molecule has 0 unspecified atom stereocenters. The Labute approximate surface area is 55.5 Å². The third-order valence-electron chi connectivity index (χ3n) is 1.40. The van der Waals surface area contributed by atoms with Crippen molar-refractivity contribution >= 4 is 7.41 Å². The number of quaternary nitrogens is 1. The van der Waals surface area contributed by atoms with E-state index in [-0.39, 0.29) is 0 Å². The van der Waals surface area contributed by atoms with Crippen LogP contribution in [-0.4, -0.2) is 33.7 Å². The summed E-state index contributed by atoms with van der Waals surface area (Å²) < 4.78 is 5.10. The van der Waals surface area contributed by atoms with Crippen LogP contribution in [-0.2, 0) is 4.74 Å². The van der Waals surface area contributed by atoms with Crippen molar-refractivity contribution in [2.45, 2.75) is 0 Å². The third-order valence-corrected chi connectivity index (χ3v) is 1.40. The van der Waals surface area contributed by atoms with E-state index < -0.39 is 0 Å². The van der Waals surface area contributed by atoms with Crippen LogP contribution in [0.4, 0.5) is 0 Å². The SMILES string of the molecule is N#C[B-][NH+]1CCOCC1. The normalized spacial score (nSPS) is 21.2. The monoisotopic (exact) mass is 124 g/mol. The van der Waals surface area contributed by atoms with Crippen LogP contribution in [0.25, 0.3) is 0 Å². The lowest BCUT2D eigenvalue weighted by Crippen LogP contribution is -3.15. The van der Waals surface area contributed by atoms with E-state index in [4.69, 9.17) is 10.00 Å². The van der Waals surface area contributed by atoms with Crippen molar-refractivity contribution in [3.05, 3.63) is 0 Å². The molecule has 48 valence electrons. The standard InChI is InChI=1S/C5H9BN2O/c7-5-6-8-1-3-9-4-2-8/h8H,1-4H2. The van der Waals surface area contributed by atoms with E-state index in [2.05, 4.69) is 0 Å². The Bertz CT molecular complexity index is 117. The Morgan fingerprint density at radius 1 is 1.44 bits per heavy atom. The number of nitrogens with one attached hydrogen (secondary N) is 1. The van der Waals surface area contributed by atoms with Gasteiger partial charge in [-0.05, 0) is 0 Å². The van der Waals surface area contributed by atoms with Gasteiger partial charge in [0.15, 0.2) is 0 Å². The first kappa shape index (κ1) is 6.59. The van der Waals surface area contributed by atoms with Gasteiger partial charge in [0.05, 0.1) is 26.3 Å². The molecule has 0 spiro atoms. The molecule has 9 heavy (non-hydrogen) atoms. The van der Waals surface area contributed by atoms with E-state index in [9.17, 15) is 0 Å². The largest absolute Gasteiger partial charge is 0.555 e. The van der Waals surface area contributed by atoms with Crippen LogP contribution in [0.1, 0.15) is 0 Å². The summed E-state index contributed by atoms with van der Waals surface area (Å²) in [5.74, 6) is 2.02. The highest BCUT2D eigenvalue weighted by Crippen LogP contribution is 1.72. The highest BCUT2D eigenvalue weighted by molar-refractivity contribution is 6.35. The van der Waals surface area contributed by atoms with Crippen molar-refractivity contribution in [2.75, 3.05) is 26.3 Å². The van der Waals surface area contributed by atoms with Crippen LogP contribution >= 0.6 is 0 Å². The molecule has 0 aromatic rings. The van der Waals surface area contributed by atoms with Gasteiger partial charge in [0.1, 0.15) is 7.41 Å². The zero-order valence-electron chi connectivity index (χ0n) is 5.26. The minimum atomic E-state index is 0.785. The molecule has 0 aliphatic carbocycles. The highest BCUT2D eigenvalue weighted by atomic mass is 16.5. The molecule has 1 saturated heterocycles. The van der Waals surface area contributed by atoms with E-state index >= 15 is 0 Å². The zero-order valence-corrected chi connectivity index (χ0v) is 5.26. The number of hydrogen-bond acceptors (Lipinski definition) is 2. The average molecular weight is 124 g/mol. The van der Waals surface area contributed by atoms with Gasteiger partial charge < -0.3 is 9.55 Å². The molecule has 1 N–H and O–H groups in total. The lowest BCUT2D eigenvalue weighted by Gasteiger charge is -2.30. The van der Waals surface area contributed by atoms with Crippen LogP contribution < -0.4 is 4.81 Å².